The highest BCUT2D eigenvalue weighted by atomic mass is 32.2. The molecule has 11 heteroatoms. The summed E-state index contributed by atoms with van der Waals surface area (Å²) < 4.78 is 54.6. The number of piperidine rings is 2. The maximum atomic E-state index is 13.3. The van der Waals surface area contributed by atoms with Gasteiger partial charge in [0.05, 0.1) is 4.90 Å². The molecule has 2 saturated heterocycles. The highest BCUT2D eigenvalue weighted by Gasteiger charge is 2.39. The summed E-state index contributed by atoms with van der Waals surface area (Å²) in [5, 5.41) is 5.60. The SMILES string of the molecule is C=CC(=O)NC1CC(C)N(S(=O)(=O)c2ccc(C(=O)NCCN3CCC(F)(F)CC3)cc2)C(C)C1. The van der Waals surface area contributed by atoms with Crippen LogP contribution in [0.2, 0.25) is 0 Å². The van der Waals surface area contributed by atoms with Crippen LogP contribution in [0.3, 0.4) is 0 Å². The van der Waals surface area contributed by atoms with Gasteiger partial charge in [-0.15, -0.1) is 0 Å². The van der Waals surface area contributed by atoms with Crippen molar-refractivity contribution in [2.75, 3.05) is 26.2 Å². The Hall–Kier alpha value is -2.37. The summed E-state index contributed by atoms with van der Waals surface area (Å²) in [6.45, 7) is 8.46. The first kappa shape index (κ1) is 27.2. The lowest BCUT2D eigenvalue weighted by molar-refractivity contribution is -0.117. The van der Waals surface area contributed by atoms with E-state index >= 15 is 0 Å². The number of carbonyl (C=O) groups is 2. The monoisotopic (exact) mass is 512 g/mol. The third-order valence-corrected chi connectivity index (χ3v) is 8.79. The standard InChI is InChI=1S/C24H34F2N4O4S/c1-4-22(31)28-20-15-17(2)30(18(3)16-20)35(33,34)21-7-5-19(6-8-21)23(32)27-11-14-29-12-9-24(25,26)10-13-29/h4-8,17-18,20H,1,9-16H2,2-3H3,(H,27,32)(H,28,31). The van der Waals surface area contributed by atoms with Crippen LogP contribution in [0.5, 0.6) is 0 Å². The van der Waals surface area contributed by atoms with Gasteiger partial charge in [-0.3, -0.25) is 9.59 Å². The van der Waals surface area contributed by atoms with Crippen molar-refractivity contribution in [3.8, 4) is 0 Å². The van der Waals surface area contributed by atoms with Crippen LogP contribution in [0.15, 0.2) is 41.8 Å². The van der Waals surface area contributed by atoms with Crippen LogP contribution in [-0.2, 0) is 14.8 Å². The van der Waals surface area contributed by atoms with Crippen molar-refractivity contribution >= 4 is 21.8 Å². The number of rotatable bonds is 8. The maximum Gasteiger partial charge on any atom is 0.251 e. The molecule has 3 rings (SSSR count). The van der Waals surface area contributed by atoms with Crippen molar-refractivity contribution < 1.29 is 26.8 Å². The third-order valence-electron chi connectivity index (χ3n) is 6.64. The average molecular weight is 513 g/mol. The molecule has 1 aromatic rings. The fourth-order valence-electron chi connectivity index (χ4n) is 4.85. The van der Waals surface area contributed by atoms with Gasteiger partial charge in [0, 0.05) is 62.7 Å². The molecule has 8 nitrogen and oxygen atoms in total. The molecular formula is C24H34F2N4O4S. The summed E-state index contributed by atoms with van der Waals surface area (Å²) in [5.74, 6) is -3.23. The van der Waals surface area contributed by atoms with E-state index in [0.29, 0.717) is 44.6 Å². The van der Waals surface area contributed by atoms with E-state index in [-0.39, 0.29) is 47.7 Å². The van der Waals surface area contributed by atoms with Crippen LogP contribution in [-0.4, -0.2) is 79.7 Å². The van der Waals surface area contributed by atoms with Crippen LogP contribution in [0, 0.1) is 0 Å². The molecule has 0 radical (unpaired) electrons. The van der Waals surface area contributed by atoms with Crippen LogP contribution in [0.4, 0.5) is 8.78 Å². The molecular weight excluding hydrogens is 478 g/mol. The molecule has 2 amide bonds. The van der Waals surface area contributed by atoms with E-state index in [9.17, 15) is 26.8 Å². The Balaban J connectivity index is 1.56. The minimum atomic E-state index is -3.80. The number of nitrogens with zero attached hydrogens (tertiary/aromatic N) is 2. The molecule has 2 N–H and O–H groups in total. The van der Waals surface area contributed by atoms with Gasteiger partial charge in [-0.1, -0.05) is 6.58 Å². The predicted molar refractivity (Wildman–Crippen MR) is 129 cm³/mol. The number of likely N-dealkylation sites (tertiary alicyclic amines) is 1. The van der Waals surface area contributed by atoms with Crippen molar-refractivity contribution in [1.82, 2.24) is 19.8 Å². The van der Waals surface area contributed by atoms with Crippen molar-refractivity contribution in [2.45, 2.75) is 68.5 Å². The van der Waals surface area contributed by atoms with Crippen LogP contribution in [0.25, 0.3) is 0 Å². The van der Waals surface area contributed by atoms with Crippen molar-refractivity contribution in [3.05, 3.63) is 42.5 Å². The van der Waals surface area contributed by atoms with E-state index < -0.39 is 15.9 Å². The molecule has 0 saturated carbocycles. The molecule has 2 unspecified atom stereocenters. The number of hydrogen-bond donors (Lipinski definition) is 2. The fraction of sp³-hybridized carbons (Fsp3) is 0.583. The summed E-state index contributed by atoms with van der Waals surface area (Å²) in [7, 11) is -3.80. The highest BCUT2D eigenvalue weighted by Crippen LogP contribution is 2.30. The molecule has 2 fully saturated rings. The highest BCUT2D eigenvalue weighted by molar-refractivity contribution is 7.89. The number of hydrogen-bond acceptors (Lipinski definition) is 5. The Kier molecular flexibility index (Phi) is 8.66. The molecule has 35 heavy (non-hydrogen) atoms. The third kappa shape index (κ3) is 6.86. The number of carbonyl (C=O) groups excluding carboxylic acids is 2. The molecule has 2 aliphatic rings. The first-order chi connectivity index (χ1) is 16.4. The summed E-state index contributed by atoms with van der Waals surface area (Å²) in [4.78, 5) is 26.1. The predicted octanol–water partition coefficient (Wildman–Crippen LogP) is 2.38. The smallest absolute Gasteiger partial charge is 0.251 e. The van der Waals surface area contributed by atoms with Crippen LogP contribution < -0.4 is 10.6 Å². The molecule has 2 atom stereocenters. The van der Waals surface area contributed by atoms with Gasteiger partial charge in [-0.25, -0.2) is 17.2 Å². The molecule has 2 heterocycles. The molecule has 194 valence electrons. The Morgan fingerprint density at radius 2 is 1.69 bits per heavy atom. The summed E-state index contributed by atoms with van der Waals surface area (Å²) in [6.07, 6.45) is 1.83. The topological polar surface area (TPSA) is 98.8 Å². The zero-order valence-electron chi connectivity index (χ0n) is 20.2. The minimum Gasteiger partial charge on any atom is -0.351 e. The largest absolute Gasteiger partial charge is 0.351 e. The van der Waals surface area contributed by atoms with E-state index in [4.69, 9.17) is 0 Å². The Labute approximate surface area is 205 Å². The first-order valence-corrected chi connectivity index (χ1v) is 13.3. The number of halogens is 2. The van der Waals surface area contributed by atoms with Gasteiger partial charge in [0.1, 0.15) is 0 Å². The Bertz CT molecular complexity index is 1010. The second kappa shape index (κ2) is 11.1. The summed E-state index contributed by atoms with van der Waals surface area (Å²) >= 11 is 0. The van der Waals surface area contributed by atoms with Gasteiger partial charge in [0.2, 0.25) is 15.9 Å². The van der Waals surface area contributed by atoms with Crippen molar-refractivity contribution in [2.24, 2.45) is 0 Å². The number of amides is 2. The molecule has 0 spiro atoms. The van der Waals surface area contributed by atoms with E-state index in [1.54, 1.807) is 0 Å². The molecule has 0 bridgehead atoms. The number of alkyl halides is 2. The van der Waals surface area contributed by atoms with E-state index in [1.807, 2.05) is 18.7 Å². The van der Waals surface area contributed by atoms with Gasteiger partial charge in [0.25, 0.3) is 11.8 Å². The Morgan fingerprint density at radius 1 is 1.11 bits per heavy atom. The van der Waals surface area contributed by atoms with Crippen LogP contribution in [0.1, 0.15) is 49.9 Å². The number of benzene rings is 1. The zero-order chi connectivity index (χ0) is 25.8. The van der Waals surface area contributed by atoms with Gasteiger partial charge in [-0.05, 0) is 57.0 Å². The zero-order valence-corrected chi connectivity index (χ0v) is 21.0. The lowest BCUT2D eigenvalue weighted by Gasteiger charge is -2.41. The van der Waals surface area contributed by atoms with Crippen molar-refractivity contribution in [3.63, 3.8) is 0 Å². The van der Waals surface area contributed by atoms with Gasteiger partial charge in [-0.2, -0.15) is 4.31 Å². The second-order valence-electron chi connectivity index (χ2n) is 9.39. The lowest BCUT2D eigenvalue weighted by atomic mass is 9.95. The number of nitrogens with one attached hydrogen (secondary N) is 2. The van der Waals surface area contributed by atoms with E-state index in [0.717, 1.165) is 0 Å². The molecule has 0 aliphatic carbocycles. The first-order valence-electron chi connectivity index (χ1n) is 11.9. The van der Waals surface area contributed by atoms with Gasteiger partial charge in [0.15, 0.2) is 0 Å². The van der Waals surface area contributed by atoms with Gasteiger partial charge >= 0.3 is 0 Å². The molecule has 0 aromatic heterocycles. The van der Waals surface area contributed by atoms with E-state index in [2.05, 4.69) is 17.2 Å². The summed E-state index contributed by atoms with van der Waals surface area (Å²) in [5.41, 5.74) is 0.320. The fourth-order valence-corrected chi connectivity index (χ4v) is 6.69. The van der Waals surface area contributed by atoms with Crippen molar-refractivity contribution in [1.29, 1.82) is 0 Å². The van der Waals surface area contributed by atoms with Crippen LogP contribution >= 0.6 is 0 Å². The number of sulfonamides is 1. The lowest BCUT2D eigenvalue weighted by Crippen LogP contribution is -2.54. The second-order valence-corrected chi connectivity index (χ2v) is 11.2. The molecule has 1 aromatic carbocycles. The Morgan fingerprint density at radius 3 is 2.23 bits per heavy atom. The van der Waals surface area contributed by atoms with Gasteiger partial charge < -0.3 is 15.5 Å². The average Bonchev–Trinajstić information content (AvgIpc) is 2.79. The maximum absolute atomic E-state index is 13.3. The molecule has 2 aliphatic heterocycles. The summed E-state index contributed by atoms with van der Waals surface area (Å²) in [6, 6.07) is 4.99. The normalized spacial score (nSPS) is 25.5. The minimum absolute atomic E-state index is 0.0931. The van der Waals surface area contributed by atoms with E-state index in [1.165, 1.54) is 34.6 Å². The quantitative estimate of drug-likeness (QED) is 0.521.